The number of carbonyl (C=O) groups is 2. The first-order chi connectivity index (χ1) is 12.4. The van der Waals surface area contributed by atoms with Crippen molar-refractivity contribution >= 4 is 28.2 Å². The zero-order chi connectivity index (χ0) is 18.8. The van der Waals surface area contributed by atoms with Gasteiger partial charge in [-0.15, -0.1) is 11.3 Å². The number of esters is 1. The maximum atomic E-state index is 12.5. The van der Waals surface area contributed by atoms with Crippen molar-refractivity contribution in [1.29, 1.82) is 0 Å². The molecule has 1 atom stereocenters. The average molecular weight is 374 g/mol. The Kier molecular flexibility index (Phi) is 5.27. The third kappa shape index (κ3) is 3.58. The van der Waals surface area contributed by atoms with Crippen molar-refractivity contribution in [3.63, 3.8) is 0 Å². The van der Waals surface area contributed by atoms with Crippen LogP contribution in [0.5, 0.6) is 0 Å². The molecule has 3 rings (SSSR count). The van der Waals surface area contributed by atoms with Crippen molar-refractivity contribution in [2.45, 2.75) is 39.7 Å². The maximum absolute atomic E-state index is 12.5. The molecule has 0 aliphatic heterocycles. The summed E-state index contributed by atoms with van der Waals surface area (Å²) in [6.45, 7) is 3.80. The van der Waals surface area contributed by atoms with Crippen LogP contribution in [0.15, 0.2) is 23.1 Å². The topological polar surface area (TPSA) is 77.4 Å². The molecule has 7 heteroatoms. The van der Waals surface area contributed by atoms with Crippen LogP contribution in [0, 0.1) is 12.8 Å². The third-order valence-electron chi connectivity index (χ3n) is 4.68. The van der Waals surface area contributed by atoms with Crippen LogP contribution in [-0.2, 0) is 28.9 Å². The summed E-state index contributed by atoms with van der Waals surface area (Å²) in [5.41, 5.74) is 1.83. The van der Waals surface area contributed by atoms with E-state index in [0.717, 1.165) is 29.7 Å². The molecule has 0 aromatic carbocycles. The molecule has 0 bridgehead atoms. The molecule has 1 aliphatic rings. The van der Waals surface area contributed by atoms with Crippen molar-refractivity contribution < 1.29 is 14.3 Å². The van der Waals surface area contributed by atoms with Crippen LogP contribution in [0.2, 0.25) is 0 Å². The summed E-state index contributed by atoms with van der Waals surface area (Å²) >= 11 is 1.44. The zero-order valence-electron chi connectivity index (χ0n) is 15.1. The molecule has 2 heterocycles. The van der Waals surface area contributed by atoms with Crippen LogP contribution in [0.3, 0.4) is 0 Å². The summed E-state index contributed by atoms with van der Waals surface area (Å²) in [6.07, 6.45) is 4.30. The van der Waals surface area contributed by atoms with E-state index in [9.17, 15) is 14.4 Å². The Balaban J connectivity index is 1.87. The molecule has 6 nitrogen and oxygen atoms in total. The van der Waals surface area contributed by atoms with Crippen LogP contribution in [0.1, 0.15) is 39.7 Å². The highest BCUT2D eigenvalue weighted by molar-refractivity contribution is 7.17. The number of amides is 1. The normalized spacial score (nSPS) is 16.0. The lowest BCUT2D eigenvalue weighted by Gasteiger charge is -2.18. The minimum atomic E-state index is -0.430. The van der Waals surface area contributed by atoms with E-state index in [-0.39, 0.29) is 18.0 Å². The first-order valence-corrected chi connectivity index (χ1v) is 9.41. The number of aromatic nitrogens is 1. The molecular weight excluding hydrogens is 352 g/mol. The Hall–Kier alpha value is -2.41. The summed E-state index contributed by atoms with van der Waals surface area (Å²) in [7, 11) is 1.34. The second kappa shape index (κ2) is 7.45. The van der Waals surface area contributed by atoms with Gasteiger partial charge in [-0.05, 0) is 43.7 Å². The Morgan fingerprint density at radius 3 is 2.92 bits per heavy atom. The molecule has 0 radical (unpaired) electrons. The summed E-state index contributed by atoms with van der Waals surface area (Å²) in [5, 5.41) is 3.33. The van der Waals surface area contributed by atoms with Crippen LogP contribution >= 0.6 is 11.3 Å². The zero-order valence-corrected chi connectivity index (χ0v) is 15.9. The Bertz CT molecular complexity index is 913. The van der Waals surface area contributed by atoms with E-state index in [1.54, 1.807) is 25.3 Å². The molecule has 1 unspecified atom stereocenters. The molecule has 1 aliphatic carbocycles. The fourth-order valence-electron chi connectivity index (χ4n) is 3.26. The molecule has 1 amide bonds. The summed E-state index contributed by atoms with van der Waals surface area (Å²) < 4.78 is 6.28. The fraction of sp³-hybridized carbons (Fsp3) is 0.421. The predicted molar refractivity (Wildman–Crippen MR) is 101 cm³/mol. The highest BCUT2D eigenvalue weighted by Crippen LogP contribution is 2.40. The van der Waals surface area contributed by atoms with Crippen molar-refractivity contribution in [2.75, 3.05) is 12.4 Å². The maximum Gasteiger partial charge on any atom is 0.341 e. The highest BCUT2D eigenvalue weighted by Gasteiger charge is 2.28. The van der Waals surface area contributed by atoms with Crippen molar-refractivity contribution in [2.24, 2.45) is 5.92 Å². The number of hydrogen-bond donors (Lipinski definition) is 1. The number of carbonyl (C=O) groups excluding carboxylic acids is 2. The fourth-order valence-corrected chi connectivity index (χ4v) is 4.67. The number of rotatable bonds is 4. The lowest BCUT2D eigenvalue weighted by Crippen LogP contribution is -2.28. The van der Waals surface area contributed by atoms with E-state index in [4.69, 9.17) is 4.74 Å². The van der Waals surface area contributed by atoms with Gasteiger partial charge in [0, 0.05) is 16.6 Å². The number of aryl methyl sites for hydroxylation is 1. The summed E-state index contributed by atoms with van der Waals surface area (Å²) in [6, 6.07) is 3.44. The van der Waals surface area contributed by atoms with Gasteiger partial charge in [0.1, 0.15) is 11.5 Å². The van der Waals surface area contributed by atoms with Crippen LogP contribution < -0.4 is 10.9 Å². The van der Waals surface area contributed by atoms with Gasteiger partial charge in [0.05, 0.1) is 12.7 Å². The van der Waals surface area contributed by atoms with Crippen molar-refractivity contribution in [3.05, 3.63) is 50.3 Å². The van der Waals surface area contributed by atoms with Gasteiger partial charge < -0.3 is 14.6 Å². The van der Waals surface area contributed by atoms with Gasteiger partial charge in [-0.3, -0.25) is 9.59 Å². The highest BCUT2D eigenvalue weighted by atomic mass is 32.1. The van der Waals surface area contributed by atoms with E-state index in [1.165, 1.54) is 23.0 Å². The second-order valence-corrected chi connectivity index (χ2v) is 7.83. The summed E-state index contributed by atoms with van der Waals surface area (Å²) in [4.78, 5) is 38.0. The SMILES string of the molecule is COC(=O)c1c(NC(=O)Cn2cccc(C)c2=O)sc2c1CCC(C)C2. The molecule has 0 fully saturated rings. The molecule has 0 spiro atoms. The van der Waals surface area contributed by atoms with E-state index in [1.807, 2.05) is 0 Å². The van der Waals surface area contributed by atoms with E-state index < -0.39 is 5.97 Å². The monoisotopic (exact) mass is 374 g/mol. The number of ether oxygens (including phenoxy) is 1. The lowest BCUT2D eigenvalue weighted by molar-refractivity contribution is -0.116. The number of nitrogens with zero attached hydrogens (tertiary/aromatic N) is 1. The second-order valence-electron chi connectivity index (χ2n) is 6.72. The standard InChI is InChI=1S/C19H22N2O4S/c1-11-6-7-13-14(9-11)26-17(16(13)19(24)25-3)20-15(22)10-21-8-4-5-12(2)18(21)23/h4-5,8,11H,6-7,9-10H2,1-3H3,(H,20,22). The summed E-state index contributed by atoms with van der Waals surface area (Å²) in [5.74, 6) is -0.212. The molecule has 26 heavy (non-hydrogen) atoms. The number of fused-ring (bicyclic) bond motifs is 1. The predicted octanol–water partition coefficient (Wildman–Crippen LogP) is 2.77. The Morgan fingerprint density at radius 1 is 1.42 bits per heavy atom. The minimum Gasteiger partial charge on any atom is -0.465 e. The van der Waals surface area contributed by atoms with Crippen molar-refractivity contribution in [3.8, 4) is 0 Å². The first-order valence-electron chi connectivity index (χ1n) is 8.59. The van der Waals surface area contributed by atoms with Crippen LogP contribution in [-0.4, -0.2) is 23.6 Å². The van der Waals surface area contributed by atoms with Gasteiger partial charge in [0.25, 0.3) is 5.56 Å². The van der Waals surface area contributed by atoms with Crippen molar-refractivity contribution in [1.82, 2.24) is 4.57 Å². The van der Waals surface area contributed by atoms with Gasteiger partial charge in [-0.1, -0.05) is 13.0 Å². The first kappa shape index (κ1) is 18.4. The molecule has 138 valence electrons. The third-order valence-corrected chi connectivity index (χ3v) is 5.85. The Labute approximate surface area is 155 Å². The molecule has 2 aromatic heterocycles. The quantitative estimate of drug-likeness (QED) is 0.835. The molecule has 0 saturated carbocycles. The van der Waals surface area contributed by atoms with Crippen LogP contribution in [0.25, 0.3) is 0 Å². The molecule has 0 saturated heterocycles. The minimum absolute atomic E-state index is 0.0971. The number of thiophene rings is 1. The number of pyridine rings is 1. The number of anilines is 1. The lowest BCUT2D eigenvalue weighted by atomic mass is 9.88. The van der Waals surface area contributed by atoms with Gasteiger partial charge in [0.2, 0.25) is 5.91 Å². The molecular formula is C19H22N2O4S. The average Bonchev–Trinajstić information content (AvgIpc) is 2.94. The van der Waals surface area contributed by atoms with E-state index in [0.29, 0.717) is 22.0 Å². The van der Waals surface area contributed by atoms with Crippen LogP contribution in [0.4, 0.5) is 5.00 Å². The largest absolute Gasteiger partial charge is 0.465 e. The van der Waals surface area contributed by atoms with Gasteiger partial charge in [0.15, 0.2) is 0 Å². The van der Waals surface area contributed by atoms with E-state index in [2.05, 4.69) is 12.2 Å². The van der Waals surface area contributed by atoms with Gasteiger partial charge >= 0.3 is 5.97 Å². The smallest absolute Gasteiger partial charge is 0.341 e. The number of methoxy groups -OCH3 is 1. The number of nitrogens with one attached hydrogen (secondary N) is 1. The number of hydrogen-bond acceptors (Lipinski definition) is 5. The van der Waals surface area contributed by atoms with Gasteiger partial charge in [-0.2, -0.15) is 0 Å². The molecule has 1 N–H and O–H groups in total. The van der Waals surface area contributed by atoms with E-state index >= 15 is 0 Å². The van der Waals surface area contributed by atoms with Gasteiger partial charge in [-0.25, -0.2) is 4.79 Å². The molecule has 2 aromatic rings. The Morgan fingerprint density at radius 2 is 2.19 bits per heavy atom.